The fourth-order valence-electron chi connectivity index (χ4n) is 7.87. The van der Waals surface area contributed by atoms with Crippen molar-refractivity contribution in [1.82, 2.24) is 14.5 Å². The molecule has 0 aliphatic heterocycles. The second kappa shape index (κ2) is 10.6. The van der Waals surface area contributed by atoms with Gasteiger partial charge in [0.05, 0.1) is 22.2 Å². The van der Waals surface area contributed by atoms with Gasteiger partial charge in [-0.05, 0) is 69.1 Å². The van der Waals surface area contributed by atoms with Crippen LogP contribution in [0.3, 0.4) is 0 Å². The van der Waals surface area contributed by atoms with Crippen molar-refractivity contribution in [3.8, 4) is 28.3 Å². The van der Waals surface area contributed by atoms with Gasteiger partial charge in [-0.25, -0.2) is 9.97 Å². The van der Waals surface area contributed by atoms with Crippen LogP contribution in [0.5, 0.6) is 0 Å². The summed E-state index contributed by atoms with van der Waals surface area (Å²) in [4.78, 5) is 10.6. The summed E-state index contributed by atoms with van der Waals surface area (Å²) in [5.41, 5.74) is 7.61. The van der Waals surface area contributed by atoms with Gasteiger partial charge >= 0.3 is 0 Å². The van der Waals surface area contributed by atoms with E-state index in [1.54, 1.807) is 0 Å². The molecule has 11 aromatic rings. The van der Waals surface area contributed by atoms with Crippen LogP contribution in [0, 0.1) is 0 Å². The van der Waals surface area contributed by atoms with Gasteiger partial charge in [0, 0.05) is 41.9 Å². The van der Waals surface area contributed by atoms with E-state index >= 15 is 0 Å². The summed E-state index contributed by atoms with van der Waals surface area (Å²) in [6.07, 6.45) is 0. The number of rotatable bonds is 3. The summed E-state index contributed by atoms with van der Waals surface area (Å²) >= 11 is 1.88. The molecule has 0 unspecified atom stereocenters. The maximum Gasteiger partial charge on any atom is 0.235 e. The first kappa shape index (κ1) is 27.6. The lowest BCUT2D eigenvalue weighted by Gasteiger charge is -2.12. The van der Waals surface area contributed by atoms with Gasteiger partial charge in [0.1, 0.15) is 0 Å². The van der Waals surface area contributed by atoms with E-state index < -0.39 is 0 Å². The van der Waals surface area contributed by atoms with E-state index in [1.165, 1.54) is 63.6 Å². The minimum absolute atomic E-state index is 0.670. The van der Waals surface area contributed by atoms with Crippen molar-refractivity contribution in [2.45, 2.75) is 0 Å². The predicted octanol–water partition coefficient (Wildman–Crippen LogP) is 12.7. The van der Waals surface area contributed by atoms with Crippen LogP contribution in [-0.2, 0) is 0 Å². The van der Waals surface area contributed by atoms with E-state index in [4.69, 9.17) is 9.97 Å². The molecule has 50 heavy (non-hydrogen) atoms. The number of benzene rings is 8. The topological polar surface area (TPSA) is 30.7 Å². The van der Waals surface area contributed by atoms with Gasteiger partial charge in [-0.15, -0.1) is 11.3 Å². The second-order valence-electron chi connectivity index (χ2n) is 13.0. The molecule has 3 aromatic heterocycles. The molecule has 0 aliphatic carbocycles. The molecule has 0 saturated heterocycles. The minimum atomic E-state index is 0.670. The van der Waals surface area contributed by atoms with Crippen LogP contribution < -0.4 is 0 Å². The van der Waals surface area contributed by atoms with E-state index in [0.717, 1.165) is 33.2 Å². The zero-order chi connectivity index (χ0) is 32.8. The molecule has 3 heterocycles. The SMILES string of the molecule is c1ccc2cc(-c3nc(-n4c5ccccc5c5c6cc(-c7cccc8c7sc7ccccc78)ccc6ccc54)nc4ccccc34)ccc2c1. The summed E-state index contributed by atoms with van der Waals surface area (Å²) in [7, 11) is 0. The maximum absolute atomic E-state index is 5.37. The highest BCUT2D eigenvalue weighted by atomic mass is 32.1. The first-order valence-electron chi connectivity index (χ1n) is 16.9. The van der Waals surface area contributed by atoms with Crippen molar-refractivity contribution in [2.75, 3.05) is 0 Å². The van der Waals surface area contributed by atoms with Crippen molar-refractivity contribution in [1.29, 1.82) is 0 Å². The molecule has 0 amide bonds. The van der Waals surface area contributed by atoms with E-state index in [1.807, 2.05) is 11.3 Å². The van der Waals surface area contributed by atoms with Crippen molar-refractivity contribution in [2.24, 2.45) is 0 Å². The molecule has 4 heteroatoms. The first-order valence-corrected chi connectivity index (χ1v) is 17.7. The minimum Gasteiger partial charge on any atom is -0.278 e. The van der Waals surface area contributed by atoms with Crippen LogP contribution in [0.25, 0.3) is 103 Å². The zero-order valence-electron chi connectivity index (χ0n) is 26.8. The molecular weight excluding hydrogens is 627 g/mol. The number of para-hydroxylation sites is 2. The Morgan fingerprint density at radius 1 is 0.440 bits per heavy atom. The number of hydrogen-bond acceptors (Lipinski definition) is 3. The zero-order valence-corrected chi connectivity index (χ0v) is 27.7. The molecule has 232 valence electrons. The summed E-state index contributed by atoms with van der Waals surface area (Å²) in [5.74, 6) is 0.670. The maximum atomic E-state index is 5.37. The highest BCUT2D eigenvalue weighted by Crippen LogP contribution is 2.43. The van der Waals surface area contributed by atoms with Crippen LogP contribution in [-0.4, -0.2) is 14.5 Å². The van der Waals surface area contributed by atoms with Gasteiger partial charge in [0.2, 0.25) is 5.95 Å². The van der Waals surface area contributed by atoms with Crippen LogP contribution in [0.15, 0.2) is 164 Å². The molecule has 0 aliphatic rings. The normalized spacial score (nSPS) is 12.0. The lowest BCUT2D eigenvalue weighted by atomic mass is 9.97. The first-order chi connectivity index (χ1) is 24.8. The quantitative estimate of drug-likeness (QED) is 0.190. The molecule has 11 rings (SSSR count). The van der Waals surface area contributed by atoms with E-state index in [9.17, 15) is 0 Å². The van der Waals surface area contributed by atoms with Gasteiger partial charge in [0.15, 0.2) is 0 Å². The molecular formula is C46H27N3S. The molecule has 0 N–H and O–H groups in total. The van der Waals surface area contributed by atoms with Crippen LogP contribution in [0.1, 0.15) is 0 Å². The number of aromatic nitrogens is 3. The fourth-order valence-corrected chi connectivity index (χ4v) is 9.10. The molecule has 0 saturated carbocycles. The van der Waals surface area contributed by atoms with Crippen molar-refractivity contribution in [3.05, 3.63) is 164 Å². The van der Waals surface area contributed by atoms with Gasteiger partial charge in [-0.2, -0.15) is 0 Å². The van der Waals surface area contributed by atoms with Crippen molar-refractivity contribution >= 4 is 85.8 Å². The Morgan fingerprint density at radius 3 is 2.10 bits per heavy atom. The Hall–Kier alpha value is -6.36. The number of fused-ring (bicyclic) bond motifs is 10. The van der Waals surface area contributed by atoms with Crippen LogP contribution in [0.2, 0.25) is 0 Å². The Kier molecular flexibility index (Phi) is 5.83. The lowest BCUT2D eigenvalue weighted by Crippen LogP contribution is -2.03. The average Bonchev–Trinajstić information content (AvgIpc) is 3.73. The number of thiophene rings is 1. The third-order valence-electron chi connectivity index (χ3n) is 10.2. The van der Waals surface area contributed by atoms with E-state index in [0.29, 0.717) is 5.95 Å². The van der Waals surface area contributed by atoms with Gasteiger partial charge in [-0.3, -0.25) is 4.57 Å². The molecule has 0 fully saturated rings. The summed E-state index contributed by atoms with van der Waals surface area (Å²) in [5, 5.41) is 10.9. The van der Waals surface area contributed by atoms with Crippen LogP contribution >= 0.6 is 11.3 Å². The van der Waals surface area contributed by atoms with Gasteiger partial charge < -0.3 is 0 Å². The Balaban J connectivity index is 1.18. The fraction of sp³-hybridized carbons (Fsp3) is 0. The molecule has 8 aromatic carbocycles. The molecule has 0 spiro atoms. The molecule has 0 radical (unpaired) electrons. The van der Waals surface area contributed by atoms with Gasteiger partial charge in [-0.1, -0.05) is 127 Å². The summed E-state index contributed by atoms with van der Waals surface area (Å²) < 4.78 is 4.90. The highest BCUT2D eigenvalue weighted by molar-refractivity contribution is 7.26. The molecule has 3 nitrogen and oxygen atoms in total. The standard InChI is InChI=1S/C46H27N3S/c1-2-11-30-26-32(23-20-28(30)10-1)44-36-13-3-6-17-39(36)47-46(48-44)49-40-18-7-4-14-37(40)43-38-27-31(22-21-29(38)24-25-41(43)49)33-15-9-16-35-34-12-5-8-19-42(34)50-45(33)35/h1-27H. The average molecular weight is 654 g/mol. The molecule has 0 bridgehead atoms. The van der Waals surface area contributed by atoms with Crippen molar-refractivity contribution in [3.63, 3.8) is 0 Å². The monoisotopic (exact) mass is 653 g/mol. The largest absolute Gasteiger partial charge is 0.278 e. The van der Waals surface area contributed by atoms with Crippen molar-refractivity contribution < 1.29 is 0 Å². The number of nitrogens with zero attached hydrogens (tertiary/aromatic N) is 3. The summed E-state index contributed by atoms with van der Waals surface area (Å²) in [6.45, 7) is 0. The second-order valence-corrected chi connectivity index (χ2v) is 14.0. The highest BCUT2D eigenvalue weighted by Gasteiger charge is 2.19. The predicted molar refractivity (Wildman–Crippen MR) is 213 cm³/mol. The lowest BCUT2D eigenvalue weighted by molar-refractivity contribution is 1.01. The Labute approximate surface area is 291 Å². The summed E-state index contributed by atoms with van der Waals surface area (Å²) in [6, 6.07) is 58.9. The van der Waals surface area contributed by atoms with Gasteiger partial charge in [0.25, 0.3) is 0 Å². The van der Waals surface area contributed by atoms with E-state index in [-0.39, 0.29) is 0 Å². The van der Waals surface area contributed by atoms with Crippen LogP contribution in [0.4, 0.5) is 0 Å². The third kappa shape index (κ3) is 4.03. The van der Waals surface area contributed by atoms with E-state index in [2.05, 4.69) is 168 Å². The smallest absolute Gasteiger partial charge is 0.235 e. The third-order valence-corrected chi connectivity index (χ3v) is 11.4. The Morgan fingerprint density at radius 2 is 1.16 bits per heavy atom. The number of hydrogen-bond donors (Lipinski definition) is 0. The Bertz CT molecular complexity index is 3170. The molecule has 0 atom stereocenters.